The normalized spacial score (nSPS) is 10.7. The van der Waals surface area contributed by atoms with Crippen LogP contribution in [0.25, 0.3) is 10.9 Å². The van der Waals surface area contributed by atoms with Gasteiger partial charge in [-0.1, -0.05) is 30.3 Å². The van der Waals surface area contributed by atoms with Crippen molar-refractivity contribution in [3.05, 3.63) is 88.5 Å². The molecule has 2 aromatic heterocycles. The maximum atomic E-state index is 13.3. The third-order valence-electron chi connectivity index (χ3n) is 5.60. The first kappa shape index (κ1) is 21.8. The van der Waals surface area contributed by atoms with Gasteiger partial charge in [-0.2, -0.15) is 5.26 Å². The van der Waals surface area contributed by atoms with E-state index in [1.165, 1.54) is 12.1 Å². The molecule has 0 unspecified atom stereocenters. The highest BCUT2D eigenvalue weighted by atomic mass is 19.1. The highest BCUT2D eigenvalue weighted by Gasteiger charge is 2.21. The van der Waals surface area contributed by atoms with Gasteiger partial charge < -0.3 is 19.6 Å². The number of benzene rings is 2. The molecule has 2 N–H and O–H groups in total. The molecule has 0 bridgehead atoms. The summed E-state index contributed by atoms with van der Waals surface area (Å²) in [5.41, 5.74) is 3.78. The Balaban J connectivity index is 1.51. The van der Waals surface area contributed by atoms with Crippen molar-refractivity contribution in [3.8, 4) is 6.07 Å². The summed E-state index contributed by atoms with van der Waals surface area (Å²) in [6.45, 7) is 3.45. The predicted molar refractivity (Wildman–Crippen MR) is 121 cm³/mol. The van der Waals surface area contributed by atoms with Crippen molar-refractivity contribution < 1.29 is 18.7 Å². The number of aromatic amines is 1. The second kappa shape index (κ2) is 9.01. The van der Waals surface area contributed by atoms with E-state index in [9.17, 15) is 19.2 Å². The van der Waals surface area contributed by atoms with Crippen molar-refractivity contribution in [3.63, 3.8) is 0 Å². The summed E-state index contributed by atoms with van der Waals surface area (Å²) in [6, 6.07) is 15.4. The highest BCUT2D eigenvalue weighted by Crippen LogP contribution is 2.27. The van der Waals surface area contributed by atoms with Gasteiger partial charge in [-0.3, -0.25) is 4.79 Å². The molecule has 0 spiro atoms. The van der Waals surface area contributed by atoms with Crippen molar-refractivity contribution in [2.75, 3.05) is 11.9 Å². The number of carbonyl (C=O) groups excluding carboxylic acids is 2. The van der Waals surface area contributed by atoms with E-state index in [1.54, 1.807) is 35.9 Å². The van der Waals surface area contributed by atoms with Crippen LogP contribution in [0.1, 0.15) is 32.7 Å². The second-order valence-electron chi connectivity index (χ2n) is 7.63. The number of amides is 1. The number of nitrogens with one attached hydrogen (secondary N) is 2. The molecule has 4 rings (SSSR count). The van der Waals surface area contributed by atoms with Crippen LogP contribution in [-0.4, -0.2) is 28.0 Å². The van der Waals surface area contributed by atoms with Crippen LogP contribution in [0.5, 0.6) is 0 Å². The maximum absolute atomic E-state index is 13.3. The van der Waals surface area contributed by atoms with Crippen LogP contribution in [0.15, 0.2) is 54.7 Å². The lowest BCUT2D eigenvalue weighted by Crippen LogP contribution is -2.23. The van der Waals surface area contributed by atoms with E-state index >= 15 is 0 Å². The van der Waals surface area contributed by atoms with Crippen LogP contribution in [0, 0.1) is 31.0 Å². The number of H-pyrrole nitrogens is 1. The Bertz CT molecular complexity index is 1390. The molecule has 0 aliphatic heterocycles. The summed E-state index contributed by atoms with van der Waals surface area (Å²) in [5.74, 6) is -1.23. The second-order valence-corrected chi connectivity index (χ2v) is 7.63. The Morgan fingerprint density at radius 3 is 2.61 bits per heavy atom. The monoisotopic (exact) mass is 444 g/mol. The van der Waals surface area contributed by atoms with Gasteiger partial charge in [0, 0.05) is 29.3 Å². The molecule has 166 valence electrons. The number of halogens is 1. The molecule has 0 aliphatic rings. The summed E-state index contributed by atoms with van der Waals surface area (Å²) < 4.78 is 20.3. The minimum Gasteiger partial charge on any atom is -0.452 e. The van der Waals surface area contributed by atoms with Gasteiger partial charge in [0.1, 0.15) is 17.7 Å². The van der Waals surface area contributed by atoms with Crippen LogP contribution in [0.2, 0.25) is 0 Å². The molecule has 2 heterocycles. The van der Waals surface area contributed by atoms with Gasteiger partial charge in [-0.15, -0.1) is 0 Å². The molecule has 8 heteroatoms. The standard InChI is InChI=1S/C25H21FN4O3/c1-15-16(2)30(13-17-7-9-18(26)10-8-17)24(20(15)11-27)29-23(31)14-33-25(32)21-12-28-22-6-4-3-5-19(21)22/h3-10,12,28H,13-14H2,1-2H3,(H,29,31). The fourth-order valence-corrected chi connectivity index (χ4v) is 3.72. The van der Waals surface area contributed by atoms with E-state index in [-0.39, 0.29) is 5.82 Å². The molecule has 2 aromatic carbocycles. The quantitative estimate of drug-likeness (QED) is 0.430. The Morgan fingerprint density at radius 2 is 1.88 bits per heavy atom. The number of nitrogens with zero attached hydrogens (tertiary/aromatic N) is 2. The van der Waals surface area contributed by atoms with E-state index in [0.717, 1.165) is 22.3 Å². The topological polar surface area (TPSA) is 99.9 Å². The zero-order valence-corrected chi connectivity index (χ0v) is 18.1. The summed E-state index contributed by atoms with van der Waals surface area (Å²) in [4.78, 5) is 28.1. The summed E-state index contributed by atoms with van der Waals surface area (Å²) in [7, 11) is 0. The van der Waals surface area contributed by atoms with Crippen LogP contribution >= 0.6 is 0 Å². The number of nitriles is 1. The number of aromatic nitrogens is 2. The number of carbonyl (C=O) groups is 2. The lowest BCUT2D eigenvalue weighted by Gasteiger charge is -2.13. The van der Waals surface area contributed by atoms with Gasteiger partial charge in [-0.25, -0.2) is 9.18 Å². The van der Waals surface area contributed by atoms with E-state index in [4.69, 9.17) is 4.74 Å². The Labute approximate surface area is 189 Å². The molecule has 7 nitrogen and oxygen atoms in total. The Morgan fingerprint density at radius 1 is 1.15 bits per heavy atom. The van der Waals surface area contributed by atoms with Crippen LogP contribution < -0.4 is 5.32 Å². The van der Waals surface area contributed by atoms with Gasteiger partial charge >= 0.3 is 5.97 Å². The number of hydrogen-bond acceptors (Lipinski definition) is 4. The van der Waals surface area contributed by atoms with E-state index < -0.39 is 18.5 Å². The molecule has 0 radical (unpaired) electrons. The van der Waals surface area contributed by atoms with E-state index in [2.05, 4.69) is 16.4 Å². The molecule has 0 saturated heterocycles. The number of esters is 1. The van der Waals surface area contributed by atoms with E-state index in [0.29, 0.717) is 28.9 Å². The number of ether oxygens (including phenoxy) is 1. The minimum absolute atomic E-state index is 0.310. The molecule has 4 aromatic rings. The van der Waals surface area contributed by atoms with E-state index in [1.807, 2.05) is 25.1 Å². The van der Waals surface area contributed by atoms with Crippen LogP contribution in [0.4, 0.5) is 10.2 Å². The van der Waals surface area contributed by atoms with Crippen molar-refractivity contribution in [2.24, 2.45) is 0 Å². The first-order valence-corrected chi connectivity index (χ1v) is 10.3. The van der Waals surface area contributed by atoms with Crippen LogP contribution in [0.3, 0.4) is 0 Å². The number of hydrogen-bond donors (Lipinski definition) is 2. The summed E-state index contributed by atoms with van der Waals surface area (Å²) in [5, 5.41) is 13.0. The summed E-state index contributed by atoms with van der Waals surface area (Å²) in [6.07, 6.45) is 1.54. The van der Waals surface area contributed by atoms with Crippen molar-refractivity contribution in [1.82, 2.24) is 9.55 Å². The molecule has 0 aliphatic carbocycles. The maximum Gasteiger partial charge on any atom is 0.340 e. The van der Waals surface area contributed by atoms with Gasteiger partial charge in [0.05, 0.1) is 11.1 Å². The molecular formula is C25H21FN4O3. The molecule has 1 amide bonds. The van der Waals surface area contributed by atoms with Crippen LogP contribution in [-0.2, 0) is 16.1 Å². The SMILES string of the molecule is Cc1c(C#N)c(NC(=O)COC(=O)c2c[nH]c3ccccc23)n(Cc2ccc(F)cc2)c1C. The fraction of sp³-hybridized carbons (Fsp3) is 0.160. The number of fused-ring (bicyclic) bond motifs is 1. The highest BCUT2D eigenvalue weighted by molar-refractivity contribution is 6.05. The fourth-order valence-electron chi connectivity index (χ4n) is 3.72. The third kappa shape index (κ3) is 4.34. The molecule has 33 heavy (non-hydrogen) atoms. The molecule has 0 atom stereocenters. The minimum atomic E-state index is -0.628. The zero-order chi connectivity index (χ0) is 23.5. The summed E-state index contributed by atoms with van der Waals surface area (Å²) >= 11 is 0. The lowest BCUT2D eigenvalue weighted by molar-refractivity contribution is -0.119. The number of anilines is 1. The third-order valence-corrected chi connectivity index (χ3v) is 5.60. The Hall–Kier alpha value is -4.38. The molecule has 0 fully saturated rings. The van der Waals surface area contributed by atoms with Crippen molar-refractivity contribution >= 4 is 28.6 Å². The first-order valence-electron chi connectivity index (χ1n) is 10.3. The number of rotatable bonds is 6. The van der Waals surface area contributed by atoms with Gasteiger partial charge in [-0.05, 0) is 43.2 Å². The smallest absolute Gasteiger partial charge is 0.340 e. The van der Waals surface area contributed by atoms with Crippen molar-refractivity contribution in [2.45, 2.75) is 20.4 Å². The van der Waals surface area contributed by atoms with Crippen molar-refractivity contribution in [1.29, 1.82) is 5.26 Å². The zero-order valence-electron chi connectivity index (χ0n) is 18.1. The van der Waals surface area contributed by atoms with Gasteiger partial charge in [0.15, 0.2) is 6.61 Å². The Kier molecular flexibility index (Phi) is 5.96. The molecular weight excluding hydrogens is 423 g/mol. The largest absolute Gasteiger partial charge is 0.452 e. The lowest BCUT2D eigenvalue weighted by atomic mass is 10.2. The average Bonchev–Trinajstić information content (AvgIpc) is 3.34. The molecule has 0 saturated carbocycles. The number of para-hydroxylation sites is 1. The van der Waals surface area contributed by atoms with Gasteiger partial charge in [0.25, 0.3) is 5.91 Å². The average molecular weight is 444 g/mol. The van der Waals surface area contributed by atoms with Gasteiger partial charge in [0.2, 0.25) is 0 Å². The first-order chi connectivity index (χ1) is 15.9. The predicted octanol–water partition coefficient (Wildman–Crippen LogP) is 4.44.